The van der Waals surface area contributed by atoms with Crippen LogP contribution in [0, 0.1) is 5.41 Å². The monoisotopic (exact) mass is 357 g/mol. The van der Waals surface area contributed by atoms with Gasteiger partial charge in [0.2, 0.25) is 5.91 Å². The quantitative estimate of drug-likeness (QED) is 0.364. The number of aliphatic hydroxyl groups excluding tert-OH is 1. The summed E-state index contributed by atoms with van der Waals surface area (Å²) < 4.78 is 0. The Kier molecular flexibility index (Phi) is 9.36. The van der Waals surface area contributed by atoms with Crippen LogP contribution in [0.25, 0.3) is 0 Å². The second kappa shape index (κ2) is 11.0. The lowest BCUT2D eigenvalue weighted by atomic mass is 9.72. The van der Waals surface area contributed by atoms with Crippen molar-refractivity contribution < 1.29 is 9.90 Å². The zero-order valence-electron chi connectivity index (χ0n) is 17.1. The van der Waals surface area contributed by atoms with Gasteiger partial charge in [0.1, 0.15) is 0 Å². The van der Waals surface area contributed by atoms with Crippen molar-refractivity contribution in [2.24, 2.45) is 5.41 Å². The number of carbonyl (C=O) groups is 1. The predicted octanol–water partition coefficient (Wildman–Crippen LogP) is 5.02. The van der Waals surface area contributed by atoms with Gasteiger partial charge in [-0.1, -0.05) is 55.4 Å². The first-order chi connectivity index (χ1) is 12.3. The molecular weight excluding hydrogens is 322 g/mol. The molecule has 26 heavy (non-hydrogen) atoms. The molecule has 0 atom stereocenters. The molecular formula is C23H35NO2. The molecule has 0 unspecified atom stereocenters. The molecule has 0 saturated heterocycles. The molecule has 144 valence electrons. The number of aliphatic hydroxyl groups is 1. The van der Waals surface area contributed by atoms with Gasteiger partial charge >= 0.3 is 0 Å². The highest BCUT2D eigenvalue weighted by atomic mass is 16.3. The lowest BCUT2D eigenvalue weighted by molar-refractivity contribution is -0.116. The lowest BCUT2D eigenvalue weighted by Gasteiger charge is -2.32. The number of rotatable bonds is 8. The van der Waals surface area contributed by atoms with Gasteiger partial charge in [0.25, 0.3) is 0 Å². The largest absolute Gasteiger partial charge is 0.396 e. The minimum absolute atomic E-state index is 0.0913. The number of nitrogens with one attached hydrogen (secondary N) is 1. The summed E-state index contributed by atoms with van der Waals surface area (Å²) in [5.41, 5.74) is 5.31. The molecule has 0 bridgehead atoms. The van der Waals surface area contributed by atoms with E-state index in [1.54, 1.807) is 6.08 Å². The van der Waals surface area contributed by atoms with Crippen LogP contribution in [0.3, 0.4) is 0 Å². The van der Waals surface area contributed by atoms with Gasteiger partial charge in [-0.25, -0.2) is 0 Å². The average molecular weight is 358 g/mol. The summed E-state index contributed by atoms with van der Waals surface area (Å²) in [4.78, 5) is 11.7. The van der Waals surface area contributed by atoms with Crippen molar-refractivity contribution in [2.45, 2.75) is 60.3 Å². The number of carbonyl (C=O) groups excluding carboxylic acids is 1. The van der Waals surface area contributed by atoms with Crippen LogP contribution in [-0.2, 0) is 4.79 Å². The number of allylic oxidation sites excluding steroid dienone is 9. The molecule has 0 fully saturated rings. The predicted molar refractivity (Wildman–Crippen MR) is 111 cm³/mol. The fraction of sp³-hybridized carbons (Fsp3) is 0.522. The van der Waals surface area contributed by atoms with Crippen LogP contribution in [0.2, 0.25) is 0 Å². The van der Waals surface area contributed by atoms with Crippen LogP contribution in [0.4, 0.5) is 0 Å². The van der Waals surface area contributed by atoms with E-state index in [0.717, 1.165) is 5.57 Å². The van der Waals surface area contributed by atoms with Gasteiger partial charge in [-0.05, 0) is 63.0 Å². The molecule has 3 nitrogen and oxygen atoms in total. The Morgan fingerprint density at radius 2 is 1.96 bits per heavy atom. The number of amides is 1. The number of hydrogen-bond donors (Lipinski definition) is 2. The Balaban J connectivity index is 2.64. The van der Waals surface area contributed by atoms with E-state index in [-0.39, 0.29) is 17.9 Å². The topological polar surface area (TPSA) is 49.3 Å². The van der Waals surface area contributed by atoms with Crippen molar-refractivity contribution in [3.63, 3.8) is 0 Å². The molecule has 0 aromatic carbocycles. The third-order valence-corrected chi connectivity index (χ3v) is 4.77. The standard InChI is InChI=1S/C23H35NO2/c1-18(12-13-21-20(3)11-7-14-23(21,4)5)9-6-10-19(2)17-22(26)24-15-8-16-25/h6,9-10,12-13,17,25H,7-8,11,14-16H2,1-5H3,(H,24,26)/b10-6?,13-12?,18-9?,19-17-. The van der Waals surface area contributed by atoms with Crippen molar-refractivity contribution >= 4 is 5.91 Å². The first-order valence-corrected chi connectivity index (χ1v) is 9.56. The smallest absolute Gasteiger partial charge is 0.244 e. The summed E-state index contributed by atoms with van der Waals surface area (Å²) in [6.07, 6.45) is 16.3. The van der Waals surface area contributed by atoms with Gasteiger partial charge < -0.3 is 10.4 Å². The van der Waals surface area contributed by atoms with Crippen LogP contribution in [0.15, 0.2) is 58.7 Å². The molecule has 0 saturated carbocycles. The molecule has 1 amide bonds. The molecule has 1 aliphatic rings. The molecule has 2 N–H and O–H groups in total. The maximum absolute atomic E-state index is 11.7. The molecule has 3 heteroatoms. The summed E-state index contributed by atoms with van der Waals surface area (Å²) in [7, 11) is 0. The minimum Gasteiger partial charge on any atom is -0.396 e. The van der Waals surface area contributed by atoms with Crippen molar-refractivity contribution in [1.82, 2.24) is 5.32 Å². The van der Waals surface area contributed by atoms with Gasteiger partial charge in [0.15, 0.2) is 0 Å². The molecule has 0 aliphatic heterocycles. The molecule has 0 radical (unpaired) electrons. The van der Waals surface area contributed by atoms with E-state index in [0.29, 0.717) is 13.0 Å². The Bertz CT molecular complexity index is 631. The highest BCUT2D eigenvalue weighted by Gasteiger charge is 2.26. The van der Waals surface area contributed by atoms with E-state index in [1.807, 2.05) is 19.1 Å². The molecule has 1 aliphatic carbocycles. The molecule has 0 spiro atoms. The van der Waals surface area contributed by atoms with Gasteiger partial charge in [-0.2, -0.15) is 0 Å². The SMILES string of the molecule is CC(C=CC1=C(C)CCCC1(C)C)=CC=C/C(C)=C\C(=O)NCCCO. The van der Waals surface area contributed by atoms with Crippen LogP contribution < -0.4 is 5.32 Å². The Morgan fingerprint density at radius 3 is 2.62 bits per heavy atom. The first-order valence-electron chi connectivity index (χ1n) is 9.56. The second-order valence-electron chi connectivity index (χ2n) is 7.79. The molecule has 0 heterocycles. The van der Waals surface area contributed by atoms with E-state index in [1.165, 1.54) is 36.0 Å². The van der Waals surface area contributed by atoms with Gasteiger partial charge in [0.05, 0.1) is 0 Å². The average Bonchev–Trinajstić information content (AvgIpc) is 2.54. The van der Waals surface area contributed by atoms with E-state index in [9.17, 15) is 4.79 Å². The Labute approximate surface area is 159 Å². The summed E-state index contributed by atoms with van der Waals surface area (Å²) in [6, 6.07) is 0. The normalized spacial score (nSPS) is 18.8. The van der Waals surface area contributed by atoms with Crippen molar-refractivity contribution in [2.75, 3.05) is 13.2 Å². The number of hydrogen-bond acceptors (Lipinski definition) is 2. The van der Waals surface area contributed by atoms with E-state index >= 15 is 0 Å². The molecule has 0 aromatic rings. The highest BCUT2D eigenvalue weighted by molar-refractivity contribution is 5.88. The van der Waals surface area contributed by atoms with Gasteiger partial charge in [-0.3, -0.25) is 4.79 Å². The van der Waals surface area contributed by atoms with Crippen molar-refractivity contribution in [3.8, 4) is 0 Å². The van der Waals surface area contributed by atoms with Crippen LogP contribution in [0.5, 0.6) is 0 Å². The Morgan fingerprint density at radius 1 is 1.23 bits per heavy atom. The van der Waals surface area contributed by atoms with Crippen LogP contribution >= 0.6 is 0 Å². The third-order valence-electron chi connectivity index (χ3n) is 4.77. The van der Waals surface area contributed by atoms with Crippen LogP contribution in [-0.4, -0.2) is 24.2 Å². The first kappa shape index (κ1) is 22.2. The van der Waals surface area contributed by atoms with E-state index < -0.39 is 0 Å². The highest BCUT2D eigenvalue weighted by Crippen LogP contribution is 2.40. The van der Waals surface area contributed by atoms with Gasteiger partial charge in [-0.15, -0.1) is 0 Å². The minimum atomic E-state index is -0.122. The summed E-state index contributed by atoms with van der Waals surface area (Å²) in [5.74, 6) is -0.122. The zero-order valence-corrected chi connectivity index (χ0v) is 17.1. The zero-order chi connectivity index (χ0) is 19.6. The van der Waals surface area contributed by atoms with Crippen molar-refractivity contribution in [1.29, 1.82) is 0 Å². The fourth-order valence-corrected chi connectivity index (χ4v) is 3.23. The summed E-state index contributed by atoms with van der Waals surface area (Å²) in [5, 5.41) is 11.4. The molecule has 0 aromatic heterocycles. The van der Waals surface area contributed by atoms with Gasteiger partial charge in [0, 0.05) is 19.2 Å². The summed E-state index contributed by atoms with van der Waals surface area (Å²) in [6.45, 7) is 11.5. The Hall–Kier alpha value is -1.87. The second-order valence-corrected chi connectivity index (χ2v) is 7.79. The fourth-order valence-electron chi connectivity index (χ4n) is 3.23. The lowest BCUT2D eigenvalue weighted by Crippen LogP contribution is -2.23. The van der Waals surface area contributed by atoms with E-state index in [2.05, 4.69) is 51.2 Å². The maximum atomic E-state index is 11.7. The van der Waals surface area contributed by atoms with Crippen LogP contribution in [0.1, 0.15) is 60.3 Å². The van der Waals surface area contributed by atoms with Crippen molar-refractivity contribution in [3.05, 3.63) is 58.7 Å². The van der Waals surface area contributed by atoms with E-state index in [4.69, 9.17) is 5.11 Å². The maximum Gasteiger partial charge on any atom is 0.244 e. The third kappa shape index (κ3) is 8.01. The summed E-state index contributed by atoms with van der Waals surface area (Å²) >= 11 is 0. The molecule has 1 rings (SSSR count).